The number of rotatable bonds is 6. The van der Waals surface area contributed by atoms with E-state index in [1.807, 2.05) is 0 Å². The Morgan fingerprint density at radius 3 is 2.21 bits per heavy atom. The van der Waals surface area contributed by atoms with Gasteiger partial charge in [-0.25, -0.2) is 0 Å². The Labute approximate surface area is 147 Å². The first-order valence-corrected chi connectivity index (χ1v) is 9.09. The molecule has 0 saturated carbocycles. The maximum atomic E-state index is 12.0. The predicted molar refractivity (Wildman–Crippen MR) is 100.0 cm³/mol. The van der Waals surface area contributed by atoms with E-state index in [4.69, 9.17) is 0 Å². The van der Waals surface area contributed by atoms with Crippen molar-refractivity contribution in [3.8, 4) is 0 Å². The molecule has 2 rings (SSSR count). The third-order valence-electron chi connectivity index (χ3n) is 4.56. The van der Waals surface area contributed by atoms with Crippen molar-refractivity contribution in [2.75, 3.05) is 39.3 Å². The standard InChI is InChI=1S/C20H33N3O/c1-17-5-7-18(8-6-17)15-22-11-13-23(14-12-22)16-19(24)21-10-9-20(2,3)4/h5-8H,9-16H2,1-4H3,(H,21,24). The van der Waals surface area contributed by atoms with Gasteiger partial charge in [0.25, 0.3) is 0 Å². The topological polar surface area (TPSA) is 35.6 Å². The van der Waals surface area contributed by atoms with E-state index in [-0.39, 0.29) is 11.3 Å². The van der Waals surface area contributed by atoms with Crippen molar-refractivity contribution in [3.05, 3.63) is 35.4 Å². The molecular formula is C20H33N3O. The summed E-state index contributed by atoms with van der Waals surface area (Å²) in [5.41, 5.74) is 2.95. The summed E-state index contributed by atoms with van der Waals surface area (Å²) in [5, 5.41) is 3.05. The molecule has 1 aromatic rings. The zero-order chi connectivity index (χ0) is 17.6. The van der Waals surface area contributed by atoms with Crippen molar-refractivity contribution in [1.82, 2.24) is 15.1 Å². The van der Waals surface area contributed by atoms with E-state index in [0.29, 0.717) is 6.54 Å². The zero-order valence-corrected chi connectivity index (χ0v) is 15.8. The molecule has 0 radical (unpaired) electrons. The summed E-state index contributed by atoms with van der Waals surface area (Å²) in [5.74, 6) is 0.159. The molecule has 1 N–H and O–H groups in total. The van der Waals surface area contributed by atoms with E-state index >= 15 is 0 Å². The molecule has 1 fully saturated rings. The molecule has 134 valence electrons. The van der Waals surface area contributed by atoms with Crippen LogP contribution in [0.5, 0.6) is 0 Å². The summed E-state index contributed by atoms with van der Waals surface area (Å²) >= 11 is 0. The van der Waals surface area contributed by atoms with Gasteiger partial charge in [-0.2, -0.15) is 0 Å². The molecule has 1 aliphatic heterocycles. The Morgan fingerprint density at radius 1 is 1.04 bits per heavy atom. The van der Waals surface area contributed by atoms with E-state index < -0.39 is 0 Å². The molecule has 1 aliphatic rings. The van der Waals surface area contributed by atoms with E-state index in [2.05, 4.69) is 67.1 Å². The van der Waals surface area contributed by atoms with Gasteiger partial charge in [0.1, 0.15) is 0 Å². The predicted octanol–water partition coefficient (Wildman–Crippen LogP) is 2.67. The van der Waals surface area contributed by atoms with Crippen LogP contribution in [-0.2, 0) is 11.3 Å². The number of piperazine rings is 1. The summed E-state index contributed by atoms with van der Waals surface area (Å²) in [7, 11) is 0. The van der Waals surface area contributed by atoms with Crippen molar-refractivity contribution in [3.63, 3.8) is 0 Å². The van der Waals surface area contributed by atoms with Crippen LogP contribution in [0.15, 0.2) is 24.3 Å². The van der Waals surface area contributed by atoms with Crippen LogP contribution in [0.4, 0.5) is 0 Å². The van der Waals surface area contributed by atoms with Crippen LogP contribution < -0.4 is 5.32 Å². The van der Waals surface area contributed by atoms with Crippen molar-refractivity contribution >= 4 is 5.91 Å². The molecule has 0 bridgehead atoms. The first-order chi connectivity index (χ1) is 11.3. The normalized spacial score (nSPS) is 17.0. The highest BCUT2D eigenvalue weighted by atomic mass is 16.2. The van der Waals surface area contributed by atoms with Crippen LogP contribution in [0.1, 0.15) is 38.3 Å². The fraction of sp³-hybridized carbons (Fsp3) is 0.650. The largest absolute Gasteiger partial charge is 0.355 e. The lowest BCUT2D eigenvalue weighted by molar-refractivity contribution is -0.122. The number of carbonyl (C=O) groups excluding carboxylic acids is 1. The summed E-state index contributed by atoms with van der Waals surface area (Å²) < 4.78 is 0. The molecule has 0 atom stereocenters. The number of benzene rings is 1. The molecule has 0 spiro atoms. The first kappa shape index (κ1) is 18.9. The highest BCUT2D eigenvalue weighted by Gasteiger charge is 2.19. The van der Waals surface area contributed by atoms with E-state index in [1.165, 1.54) is 11.1 Å². The second kappa shape index (κ2) is 8.63. The van der Waals surface area contributed by atoms with Gasteiger partial charge in [0.2, 0.25) is 5.91 Å². The lowest BCUT2D eigenvalue weighted by Crippen LogP contribution is -2.49. The number of nitrogens with zero attached hydrogens (tertiary/aromatic N) is 2. The van der Waals surface area contributed by atoms with E-state index in [1.54, 1.807) is 0 Å². The minimum Gasteiger partial charge on any atom is -0.355 e. The number of nitrogens with one attached hydrogen (secondary N) is 1. The van der Waals surface area contributed by atoms with Gasteiger partial charge in [-0.3, -0.25) is 14.6 Å². The van der Waals surface area contributed by atoms with Crippen LogP contribution >= 0.6 is 0 Å². The van der Waals surface area contributed by atoms with Crippen molar-refractivity contribution in [1.29, 1.82) is 0 Å². The van der Waals surface area contributed by atoms with Crippen molar-refractivity contribution in [2.45, 2.75) is 40.7 Å². The van der Waals surface area contributed by atoms with Crippen LogP contribution in [0.25, 0.3) is 0 Å². The quantitative estimate of drug-likeness (QED) is 0.870. The third-order valence-corrected chi connectivity index (χ3v) is 4.56. The molecule has 1 heterocycles. The van der Waals surface area contributed by atoms with Gasteiger partial charge in [-0.05, 0) is 24.3 Å². The maximum absolute atomic E-state index is 12.0. The Morgan fingerprint density at radius 2 is 1.62 bits per heavy atom. The van der Waals surface area contributed by atoms with Gasteiger partial charge in [-0.15, -0.1) is 0 Å². The summed E-state index contributed by atoms with van der Waals surface area (Å²) in [6.45, 7) is 15.0. The number of aryl methyl sites for hydroxylation is 1. The maximum Gasteiger partial charge on any atom is 0.234 e. The highest BCUT2D eigenvalue weighted by Crippen LogP contribution is 2.16. The summed E-state index contributed by atoms with van der Waals surface area (Å²) in [6.07, 6.45) is 1.02. The molecule has 1 aromatic carbocycles. The second-order valence-corrected chi connectivity index (χ2v) is 8.20. The monoisotopic (exact) mass is 331 g/mol. The lowest BCUT2D eigenvalue weighted by Gasteiger charge is -2.34. The van der Waals surface area contributed by atoms with E-state index in [0.717, 1.165) is 45.7 Å². The molecule has 0 unspecified atom stereocenters. The average Bonchev–Trinajstić information content (AvgIpc) is 2.50. The van der Waals surface area contributed by atoms with Crippen LogP contribution in [0.3, 0.4) is 0 Å². The number of amides is 1. The molecule has 0 aliphatic carbocycles. The Hall–Kier alpha value is -1.39. The first-order valence-electron chi connectivity index (χ1n) is 9.09. The average molecular weight is 332 g/mol. The lowest BCUT2D eigenvalue weighted by atomic mass is 9.92. The molecule has 4 heteroatoms. The van der Waals surface area contributed by atoms with Gasteiger partial charge >= 0.3 is 0 Å². The van der Waals surface area contributed by atoms with Crippen LogP contribution in [0.2, 0.25) is 0 Å². The van der Waals surface area contributed by atoms with Gasteiger partial charge in [-0.1, -0.05) is 50.6 Å². The molecule has 0 aromatic heterocycles. The van der Waals surface area contributed by atoms with E-state index in [9.17, 15) is 4.79 Å². The van der Waals surface area contributed by atoms with Gasteiger partial charge in [0.05, 0.1) is 6.54 Å². The zero-order valence-electron chi connectivity index (χ0n) is 15.8. The number of hydrogen-bond donors (Lipinski definition) is 1. The van der Waals surface area contributed by atoms with Gasteiger partial charge in [0, 0.05) is 39.3 Å². The summed E-state index contributed by atoms with van der Waals surface area (Å²) in [4.78, 5) is 16.8. The Kier molecular flexibility index (Phi) is 6.81. The van der Waals surface area contributed by atoms with Crippen LogP contribution in [-0.4, -0.2) is 55.0 Å². The fourth-order valence-corrected chi connectivity index (χ4v) is 2.89. The van der Waals surface area contributed by atoms with Gasteiger partial charge in [0.15, 0.2) is 0 Å². The number of carbonyl (C=O) groups is 1. The van der Waals surface area contributed by atoms with Crippen molar-refractivity contribution in [2.24, 2.45) is 5.41 Å². The molecule has 1 amide bonds. The molecule has 4 nitrogen and oxygen atoms in total. The summed E-state index contributed by atoms with van der Waals surface area (Å²) in [6, 6.07) is 8.77. The highest BCUT2D eigenvalue weighted by molar-refractivity contribution is 5.77. The minimum atomic E-state index is 0.159. The SMILES string of the molecule is Cc1ccc(CN2CCN(CC(=O)NCCC(C)(C)C)CC2)cc1. The third kappa shape index (κ3) is 7.02. The molecule has 1 saturated heterocycles. The Bertz CT molecular complexity index is 511. The van der Waals surface area contributed by atoms with Crippen LogP contribution in [0, 0.1) is 12.3 Å². The van der Waals surface area contributed by atoms with Crippen molar-refractivity contribution < 1.29 is 4.79 Å². The smallest absolute Gasteiger partial charge is 0.234 e. The van der Waals surface area contributed by atoms with Gasteiger partial charge < -0.3 is 5.32 Å². The number of hydrogen-bond acceptors (Lipinski definition) is 3. The molecular weight excluding hydrogens is 298 g/mol. The Balaban J connectivity index is 1.65. The minimum absolute atomic E-state index is 0.159. The fourth-order valence-electron chi connectivity index (χ4n) is 2.89. The second-order valence-electron chi connectivity index (χ2n) is 8.20. The molecule has 24 heavy (non-hydrogen) atoms.